The molecule has 0 aliphatic carbocycles. The van der Waals surface area contributed by atoms with E-state index in [0.717, 1.165) is 48.8 Å². The molecule has 29 heavy (non-hydrogen) atoms. The number of carbonyl (C=O) groups excluding carboxylic acids is 1. The average Bonchev–Trinajstić information content (AvgIpc) is 3.13. The van der Waals surface area contributed by atoms with Gasteiger partial charge in [0, 0.05) is 11.1 Å². The summed E-state index contributed by atoms with van der Waals surface area (Å²) in [5, 5.41) is 5.45. The third-order valence-corrected chi connectivity index (χ3v) is 5.24. The first-order valence-corrected chi connectivity index (χ1v) is 10.1. The summed E-state index contributed by atoms with van der Waals surface area (Å²) >= 11 is 1.39. The van der Waals surface area contributed by atoms with Gasteiger partial charge in [-0.15, -0.1) is 11.3 Å². The van der Waals surface area contributed by atoms with Gasteiger partial charge in [0.2, 0.25) is 0 Å². The zero-order valence-electron chi connectivity index (χ0n) is 15.8. The number of aromatic nitrogens is 1. The third kappa shape index (κ3) is 5.57. The van der Waals surface area contributed by atoms with Crippen LogP contribution in [0.1, 0.15) is 31.1 Å². The first-order valence-electron chi connectivity index (χ1n) is 9.24. The highest BCUT2D eigenvalue weighted by molar-refractivity contribution is 7.15. The predicted octanol–water partition coefficient (Wildman–Crippen LogP) is 6.60. The van der Waals surface area contributed by atoms with Crippen LogP contribution < -0.4 is 10.6 Å². The van der Waals surface area contributed by atoms with E-state index < -0.39 is 23.5 Å². The van der Waals surface area contributed by atoms with Crippen LogP contribution in [0.25, 0.3) is 11.1 Å². The summed E-state index contributed by atoms with van der Waals surface area (Å²) in [5.74, 6) is -2.68. The van der Waals surface area contributed by atoms with Gasteiger partial charge in [0.1, 0.15) is 5.82 Å². The molecule has 152 valence electrons. The molecule has 0 fully saturated rings. The summed E-state index contributed by atoms with van der Waals surface area (Å²) in [7, 11) is 0. The van der Waals surface area contributed by atoms with Crippen LogP contribution in [0.3, 0.4) is 0 Å². The number of carbonyl (C=O) groups is 1. The topological polar surface area (TPSA) is 54.0 Å². The second kappa shape index (κ2) is 9.56. The first kappa shape index (κ1) is 20.9. The number of benzene rings is 2. The van der Waals surface area contributed by atoms with Crippen LogP contribution in [0.5, 0.6) is 0 Å². The molecule has 0 bridgehead atoms. The lowest BCUT2D eigenvalue weighted by Crippen LogP contribution is -2.19. The Morgan fingerprint density at radius 3 is 2.38 bits per heavy atom. The number of aryl methyl sites for hydroxylation is 1. The Balaban J connectivity index is 1.62. The molecular weight excluding hydrogens is 399 g/mol. The number of nitrogens with one attached hydrogen (secondary N) is 2. The maximum atomic E-state index is 14.4. The van der Waals surface area contributed by atoms with Crippen LogP contribution in [0.4, 0.5) is 28.8 Å². The molecule has 0 radical (unpaired) electrons. The van der Waals surface area contributed by atoms with Crippen LogP contribution in [0.15, 0.2) is 42.6 Å². The molecule has 0 atom stereocenters. The number of unbranched alkanes of at least 4 members (excludes halogenated alkanes) is 2. The van der Waals surface area contributed by atoms with Crippen molar-refractivity contribution in [2.24, 2.45) is 0 Å². The molecule has 0 saturated heterocycles. The second-order valence-electron chi connectivity index (χ2n) is 6.49. The monoisotopic (exact) mass is 419 g/mol. The fraction of sp³-hybridized carbons (Fsp3) is 0.238. The van der Waals surface area contributed by atoms with E-state index in [1.165, 1.54) is 29.5 Å². The molecule has 2 amide bonds. The number of nitrogens with zero attached hydrogens (tertiary/aromatic N) is 1. The van der Waals surface area contributed by atoms with E-state index in [4.69, 9.17) is 0 Å². The maximum absolute atomic E-state index is 14.4. The van der Waals surface area contributed by atoms with Crippen molar-refractivity contribution in [3.63, 3.8) is 0 Å². The quantitative estimate of drug-likeness (QED) is 0.424. The molecule has 1 aromatic heterocycles. The largest absolute Gasteiger partial charge is 0.325 e. The summed E-state index contributed by atoms with van der Waals surface area (Å²) in [4.78, 5) is 17.4. The number of urea groups is 1. The van der Waals surface area contributed by atoms with Gasteiger partial charge in [-0.1, -0.05) is 31.9 Å². The summed E-state index contributed by atoms with van der Waals surface area (Å²) in [6.07, 6.45) is 5.98. The Bertz CT molecular complexity index is 1010. The van der Waals surface area contributed by atoms with Crippen molar-refractivity contribution in [2.45, 2.75) is 32.6 Å². The van der Waals surface area contributed by atoms with E-state index >= 15 is 0 Å². The van der Waals surface area contributed by atoms with Crippen molar-refractivity contribution in [1.29, 1.82) is 0 Å². The molecule has 8 heteroatoms. The van der Waals surface area contributed by atoms with Crippen LogP contribution in [-0.2, 0) is 6.42 Å². The van der Waals surface area contributed by atoms with Crippen molar-refractivity contribution in [3.8, 4) is 11.1 Å². The molecule has 1 heterocycles. The van der Waals surface area contributed by atoms with Crippen LogP contribution in [0, 0.1) is 17.5 Å². The molecule has 3 rings (SSSR count). The SMILES string of the molecule is CCCCCc1cnc(NC(=O)Nc2ccc(-c3ccc(F)c(F)c3)cc2F)s1. The van der Waals surface area contributed by atoms with Crippen LogP contribution >= 0.6 is 11.3 Å². The molecule has 4 nitrogen and oxygen atoms in total. The van der Waals surface area contributed by atoms with Gasteiger partial charge in [-0.2, -0.15) is 0 Å². The highest BCUT2D eigenvalue weighted by Gasteiger charge is 2.12. The van der Waals surface area contributed by atoms with E-state index in [-0.39, 0.29) is 5.69 Å². The van der Waals surface area contributed by atoms with E-state index in [1.807, 2.05) is 0 Å². The number of anilines is 2. The highest BCUT2D eigenvalue weighted by Crippen LogP contribution is 2.26. The van der Waals surface area contributed by atoms with Gasteiger partial charge in [-0.3, -0.25) is 5.32 Å². The lowest BCUT2D eigenvalue weighted by atomic mass is 10.0. The van der Waals surface area contributed by atoms with Gasteiger partial charge in [-0.25, -0.2) is 22.9 Å². The van der Waals surface area contributed by atoms with Gasteiger partial charge in [0.25, 0.3) is 0 Å². The number of thiazole rings is 1. The van der Waals surface area contributed by atoms with E-state index in [1.54, 1.807) is 6.20 Å². The Morgan fingerprint density at radius 1 is 0.966 bits per heavy atom. The molecule has 0 unspecified atom stereocenters. The summed E-state index contributed by atoms with van der Waals surface area (Å²) in [5.41, 5.74) is 0.662. The molecule has 2 N–H and O–H groups in total. The van der Waals surface area contributed by atoms with Crippen molar-refractivity contribution in [1.82, 2.24) is 4.98 Å². The number of halogens is 3. The first-order chi connectivity index (χ1) is 14.0. The van der Waals surface area contributed by atoms with E-state index in [2.05, 4.69) is 22.5 Å². The third-order valence-electron chi connectivity index (χ3n) is 4.27. The minimum absolute atomic E-state index is 0.0337. The number of hydrogen-bond donors (Lipinski definition) is 2. The van der Waals surface area contributed by atoms with Gasteiger partial charge < -0.3 is 5.32 Å². The molecule has 0 aliphatic rings. The molecule has 2 aromatic carbocycles. The Labute approximate surface area is 170 Å². The molecule has 0 saturated carbocycles. The van der Waals surface area contributed by atoms with Crippen molar-refractivity contribution in [3.05, 3.63) is 64.9 Å². The summed E-state index contributed by atoms with van der Waals surface area (Å²) < 4.78 is 40.8. The molecule has 0 aliphatic heterocycles. The lowest BCUT2D eigenvalue weighted by Gasteiger charge is -2.09. The normalized spacial score (nSPS) is 10.8. The zero-order chi connectivity index (χ0) is 20.8. The number of rotatable bonds is 7. The average molecular weight is 419 g/mol. The molecule has 0 spiro atoms. The number of amides is 2. The lowest BCUT2D eigenvalue weighted by molar-refractivity contribution is 0.262. The Kier molecular flexibility index (Phi) is 6.87. The van der Waals surface area contributed by atoms with Crippen molar-refractivity contribution in [2.75, 3.05) is 10.6 Å². The minimum Gasteiger partial charge on any atom is -0.305 e. The van der Waals surface area contributed by atoms with Crippen LogP contribution in [-0.4, -0.2) is 11.0 Å². The fourth-order valence-electron chi connectivity index (χ4n) is 2.75. The van der Waals surface area contributed by atoms with Crippen molar-refractivity contribution < 1.29 is 18.0 Å². The van der Waals surface area contributed by atoms with Gasteiger partial charge in [-0.05, 0) is 48.2 Å². The minimum atomic E-state index is -1.01. The summed E-state index contributed by atoms with van der Waals surface area (Å²) in [6.45, 7) is 2.13. The van der Waals surface area contributed by atoms with E-state index in [0.29, 0.717) is 16.3 Å². The van der Waals surface area contributed by atoms with E-state index in [9.17, 15) is 18.0 Å². The standard InChI is InChI=1S/C21H20F3N3OS/c1-2-3-4-5-15-12-25-21(29-15)27-20(28)26-19-9-7-14(11-18(19)24)13-6-8-16(22)17(23)10-13/h6-12H,2-5H2,1H3,(H2,25,26,27,28). The second-order valence-corrected chi connectivity index (χ2v) is 7.61. The molecular formula is C21H20F3N3OS. The van der Waals surface area contributed by atoms with Gasteiger partial charge >= 0.3 is 6.03 Å². The maximum Gasteiger partial charge on any atom is 0.325 e. The van der Waals surface area contributed by atoms with Crippen molar-refractivity contribution >= 4 is 28.2 Å². The van der Waals surface area contributed by atoms with Gasteiger partial charge in [0.15, 0.2) is 16.8 Å². The number of hydrogen-bond acceptors (Lipinski definition) is 3. The summed E-state index contributed by atoms with van der Waals surface area (Å²) in [6, 6.07) is 6.74. The van der Waals surface area contributed by atoms with Gasteiger partial charge in [0.05, 0.1) is 5.69 Å². The Hall–Kier alpha value is -2.87. The smallest absolute Gasteiger partial charge is 0.305 e. The molecule has 3 aromatic rings. The highest BCUT2D eigenvalue weighted by atomic mass is 32.1. The van der Waals surface area contributed by atoms with Crippen LogP contribution in [0.2, 0.25) is 0 Å². The predicted molar refractivity (Wildman–Crippen MR) is 110 cm³/mol. The fourth-order valence-corrected chi connectivity index (χ4v) is 3.60. The zero-order valence-corrected chi connectivity index (χ0v) is 16.6. The Morgan fingerprint density at radius 2 is 1.69 bits per heavy atom.